The quantitative estimate of drug-likeness (QED) is 0.864. The van der Waals surface area contributed by atoms with Gasteiger partial charge in [0.1, 0.15) is 5.82 Å². The predicted molar refractivity (Wildman–Crippen MR) is 77.4 cm³/mol. The van der Waals surface area contributed by atoms with Gasteiger partial charge in [-0.3, -0.25) is 4.79 Å². The second kappa shape index (κ2) is 6.84. The van der Waals surface area contributed by atoms with Crippen LogP contribution in [0, 0.1) is 11.7 Å². The number of hydrogen-bond donors (Lipinski definition) is 1. The van der Waals surface area contributed by atoms with Crippen molar-refractivity contribution in [2.24, 2.45) is 11.7 Å². The van der Waals surface area contributed by atoms with Crippen LogP contribution in [-0.4, -0.2) is 23.9 Å². The average Bonchev–Trinajstić information content (AvgIpc) is 2.65. The number of carbonyl (C=O) groups excluding carboxylic acids is 1. The molecule has 1 amide bonds. The summed E-state index contributed by atoms with van der Waals surface area (Å²) in [5.74, 6) is -0.339. The van der Waals surface area contributed by atoms with Crippen molar-refractivity contribution >= 4 is 5.91 Å². The second-order valence-corrected chi connectivity index (χ2v) is 5.69. The van der Waals surface area contributed by atoms with E-state index >= 15 is 0 Å². The fourth-order valence-electron chi connectivity index (χ4n) is 2.89. The summed E-state index contributed by atoms with van der Waals surface area (Å²) in [6.07, 6.45) is 5.06. The zero-order chi connectivity index (χ0) is 14.5. The molecule has 0 aromatic heterocycles. The molecule has 2 rings (SSSR count). The van der Waals surface area contributed by atoms with Crippen molar-refractivity contribution < 1.29 is 9.18 Å². The summed E-state index contributed by atoms with van der Waals surface area (Å²) in [6.45, 7) is 0.300. The number of benzene rings is 1. The van der Waals surface area contributed by atoms with Crippen molar-refractivity contribution in [1.29, 1.82) is 0 Å². The van der Waals surface area contributed by atoms with Crippen molar-refractivity contribution in [2.75, 3.05) is 7.05 Å². The number of nitrogens with two attached hydrogens (primary N) is 1. The van der Waals surface area contributed by atoms with E-state index in [0.29, 0.717) is 12.1 Å². The molecule has 20 heavy (non-hydrogen) atoms. The highest BCUT2D eigenvalue weighted by atomic mass is 19.1. The number of amides is 1. The van der Waals surface area contributed by atoms with Crippen LogP contribution in [0.25, 0.3) is 0 Å². The first-order valence-corrected chi connectivity index (χ1v) is 7.33. The first-order valence-electron chi connectivity index (χ1n) is 7.33. The van der Waals surface area contributed by atoms with Gasteiger partial charge < -0.3 is 10.6 Å². The monoisotopic (exact) mass is 278 g/mol. The molecule has 4 heteroatoms. The van der Waals surface area contributed by atoms with E-state index < -0.39 is 0 Å². The topological polar surface area (TPSA) is 46.3 Å². The summed E-state index contributed by atoms with van der Waals surface area (Å²) in [6, 6.07) is 6.51. The van der Waals surface area contributed by atoms with Gasteiger partial charge in [-0.05, 0) is 18.9 Å². The van der Waals surface area contributed by atoms with E-state index in [9.17, 15) is 9.18 Å². The lowest BCUT2D eigenvalue weighted by atomic mass is 9.94. The van der Waals surface area contributed by atoms with Crippen LogP contribution in [0.4, 0.5) is 4.39 Å². The molecule has 2 atom stereocenters. The molecule has 2 N–H and O–H groups in total. The van der Waals surface area contributed by atoms with Crippen LogP contribution in [0.5, 0.6) is 0 Å². The Labute approximate surface area is 120 Å². The molecule has 0 heterocycles. The minimum Gasteiger partial charge on any atom is -0.341 e. The molecule has 1 aliphatic rings. The molecular weight excluding hydrogens is 255 g/mol. The van der Waals surface area contributed by atoms with E-state index in [1.807, 2.05) is 0 Å². The smallest absolute Gasteiger partial charge is 0.227 e. The Balaban J connectivity index is 2.02. The molecule has 1 fully saturated rings. The first-order chi connectivity index (χ1) is 9.59. The van der Waals surface area contributed by atoms with Gasteiger partial charge in [-0.15, -0.1) is 0 Å². The molecule has 0 spiro atoms. The van der Waals surface area contributed by atoms with Gasteiger partial charge in [-0.2, -0.15) is 0 Å². The van der Waals surface area contributed by atoms with Gasteiger partial charge in [0, 0.05) is 25.2 Å². The molecule has 0 bridgehead atoms. The number of halogens is 1. The molecule has 1 aromatic rings. The van der Waals surface area contributed by atoms with E-state index in [4.69, 9.17) is 5.73 Å². The SMILES string of the molecule is CN(Cc1ccccc1F)C(=O)C1CCCCCC1N. The maximum Gasteiger partial charge on any atom is 0.227 e. The second-order valence-electron chi connectivity index (χ2n) is 5.69. The van der Waals surface area contributed by atoms with Crippen LogP contribution in [0.1, 0.15) is 37.7 Å². The maximum atomic E-state index is 13.6. The Morgan fingerprint density at radius 2 is 2.00 bits per heavy atom. The maximum absolute atomic E-state index is 13.6. The molecule has 1 aliphatic carbocycles. The minimum absolute atomic E-state index is 0.0441. The van der Waals surface area contributed by atoms with Gasteiger partial charge in [0.05, 0.1) is 5.92 Å². The molecule has 1 aromatic carbocycles. The summed E-state index contributed by atoms with van der Waals surface area (Å²) < 4.78 is 13.6. The zero-order valence-electron chi connectivity index (χ0n) is 12.0. The van der Waals surface area contributed by atoms with Crippen LogP contribution in [0.15, 0.2) is 24.3 Å². The molecule has 2 unspecified atom stereocenters. The molecule has 0 radical (unpaired) electrons. The van der Waals surface area contributed by atoms with E-state index in [-0.39, 0.29) is 23.7 Å². The summed E-state index contributed by atoms with van der Waals surface area (Å²) in [5.41, 5.74) is 6.67. The number of rotatable bonds is 3. The van der Waals surface area contributed by atoms with Crippen LogP contribution in [0.2, 0.25) is 0 Å². The lowest BCUT2D eigenvalue weighted by Crippen LogP contribution is -2.42. The summed E-state index contributed by atoms with van der Waals surface area (Å²) in [7, 11) is 1.73. The summed E-state index contributed by atoms with van der Waals surface area (Å²) in [5, 5.41) is 0. The summed E-state index contributed by atoms with van der Waals surface area (Å²) in [4.78, 5) is 14.1. The van der Waals surface area contributed by atoms with Gasteiger partial charge in [0.25, 0.3) is 0 Å². The van der Waals surface area contributed by atoms with Crippen molar-refractivity contribution in [3.05, 3.63) is 35.6 Å². The Morgan fingerprint density at radius 3 is 2.75 bits per heavy atom. The van der Waals surface area contributed by atoms with Gasteiger partial charge in [-0.25, -0.2) is 4.39 Å². The molecule has 3 nitrogen and oxygen atoms in total. The van der Waals surface area contributed by atoms with Crippen LogP contribution >= 0.6 is 0 Å². The van der Waals surface area contributed by atoms with E-state index in [0.717, 1.165) is 32.1 Å². The Hall–Kier alpha value is -1.42. The normalized spacial score (nSPS) is 23.1. The molecule has 0 saturated heterocycles. The number of hydrogen-bond acceptors (Lipinski definition) is 2. The van der Waals surface area contributed by atoms with E-state index in [1.54, 1.807) is 30.1 Å². The lowest BCUT2D eigenvalue weighted by Gasteiger charge is -2.26. The molecule has 1 saturated carbocycles. The highest BCUT2D eigenvalue weighted by Gasteiger charge is 2.29. The van der Waals surface area contributed by atoms with Crippen LogP contribution in [0.3, 0.4) is 0 Å². The van der Waals surface area contributed by atoms with Gasteiger partial charge >= 0.3 is 0 Å². The van der Waals surface area contributed by atoms with Crippen molar-refractivity contribution in [2.45, 2.75) is 44.7 Å². The van der Waals surface area contributed by atoms with Crippen molar-refractivity contribution in [3.63, 3.8) is 0 Å². The van der Waals surface area contributed by atoms with Crippen molar-refractivity contribution in [1.82, 2.24) is 4.90 Å². The predicted octanol–water partition coefficient (Wildman–Crippen LogP) is 2.69. The lowest BCUT2D eigenvalue weighted by molar-refractivity contribution is -0.135. The standard InChI is InChI=1S/C16H23FN2O/c1-19(11-12-7-5-6-9-14(12)17)16(20)13-8-3-2-4-10-15(13)18/h5-7,9,13,15H,2-4,8,10-11,18H2,1H3. The third-order valence-corrected chi connectivity index (χ3v) is 4.13. The Morgan fingerprint density at radius 1 is 1.30 bits per heavy atom. The van der Waals surface area contributed by atoms with Crippen LogP contribution < -0.4 is 5.73 Å². The third kappa shape index (κ3) is 3.57. The summed E-state index contributed by atoms with van der Waals surface area (Å²) >= 11 is 0. The Bertz CT molecular complexity index is 464. The fraction of sp³-hybridized carbons (Fsp3) is 0.562. The Kier molecular flexibility index (Phi) is 5.12. The van der Waals surface area contributed by atoms with E-state index in [2.05, 4.69) is 0 Å². The third-order valence-electron chi connectivity index (χ3n) is 4.13. The molecular formula is C16H23FN2O. The highest BCUT2D eigenvalue weighted by Crippen LogP contribution is 2.24. The van der Waals surface area contributed by atoms with E-state index in [1.165, 1.54) is 6.07 Å². The largest absolute Gasteiger partial charge is 0.341 e. The van der Waals surface area contributed by atoms with Gasteiger partial charge in [0.15, 0.2) is 0 Å². The number of carbonyl (C=O) groups is 1. The van der Waals surface area contributed by atoms with Gasteiger partial charge in [0.2, 0.25) is 5.91 Å². The highest BCUT2D eigenvalue weighted by molar-refractivity contribution is 5.79. The fourth-order valence-corrected chi connectivity index (χ4v) is 2.89. The average molecular weight is 278 g/mol. The van der Waals surface area contributed by atoms with Crippen molar-refractivity contribution in [3.8, 4) is 0 Å². The minimum atomic E-state index is -0.266. The molecule has 0 aliphatic heterocycles. The van der Waals surface area contributed by atoms with Crippen LogP contribution in [-0.2, 0) is 11.3 Å². The number of nitrogens with zero attached hydrogens (tertiary/aromatic N) is 1. The molecule has 110 valence electrons. The first kappa shape index (κ1) is 15.0. The van der Waals surface area contributed by atoms with Gasteiger partial charge in [-0.1, -0.05) is 37.5 Å². The zero-order valence-corrected chi connectivity index (χ0v) is 12.0.